The van der Waals surface area contributed by atoms with Crippen molar-refractivity contribution in [2.45, 2.75) is 6.61 Å². The van der Waals surface area contributed by atoms with E-state index in [1.54, 1.807) is 13.2 Å². The van der Waals surface area contributed by atoms with Crippen molar-refractivity contribution < 1.29 is 14.3 Å². The summed E-state index contributed by atoms with van der Waals surface area (Å²) in [6.07, 6.45) is 3.12. The van der Waals surface area contributed by atoms with Gasteiger partial charge in [0.1, 0.15) is 17.4 Å². The maximum absolute atomic E-state index is 11.8. The van der Waals surface area contributed by atoms with E-state index in [1.807, 2.05) is 48.5 Å². The highest BCUT2D eigenvalue weighted by Gasteiger charge is 2.05. The number of carbonyl (C=O) groups is 1. The van der Waals surface area contributed by atoms with Gasteiger partial charge in [0.15, 0.2) is 0 Å². The summed E-state index contributed by atoms with van der Waals surface area (Å²) in [5.74, 6) is 0.389. The molecule has 1 heterocycles. The summed E-state index contributed by atoms with van der Waals surface area (Å²) in [4.78, 5) is 16.2. The molecule has 0 aliphatic heterocycles. The molecule has 0 N–H and O–H groups in total. The van der Waals surface area contributed by atoms with E-state index in [-0.39, 0.29) is 12.6 Å². The average molecular weight is 325 g/mol. The summed E-state index contributed by atoms with van der Waals surface area (Å²) < 4.78 is 11.4. The highest BCUT2D eigenvalue weighted by Crippen LogP contribution is 2.22. The van der Waals surface area contributed by atoms with Gasteiger partial charge in [0.05, 0.1) is 17.3 Å². The number of nitrogens with zero attached hydrogens (tertiary/aromatic N) is 1. The lowest BCUT2D eigenvalue weighted by Gasteiger charge is -2.00. The number of carbonyl (C=O) groups excluding carboxylic acids is 1. The molecule has 0 amide bonds. The number of rotatable bonds is 5. The van der Waals surface area contributed by atoms with Gasteiger partial charge >= 0.3 is 5.97 Å². The molecule has 3 aromatic rings. The van der Waals surface area contributed by atoms with E-state index in [0.717, 1.165) is 26.5 Å². The smallest absolute Gasteiger partial charge is 0.331 e. The van der Waals surface area contributed by atoms with Gasteiger partial charge in [-0.05, 0) is 35.9 Å². The minimum absolute atomic E-state index is 0.186. The van der Waals surface area contributed by atoms with E-state index in [2.05, 4.69) is 4.98 Å². The van der Waals surface area contributed by atoms with E-state index < -0.39 is 0 Å². The second kappa shape index (κ2) is 7.07. The molecule has 0 bridgehead atoms. The molecule has 5 heteroatoms. The van der Waals surface area contributed by atoms with Gasteiger partial charge in [-0.3, -0.25) is 0 Å². The van der Waals surface area contributed by atoms with Crippen molar-refractivity contribution >= 4 is 33.6 Å². The molecule has 0 saturated heterocycles. The predicted molar refractivity (Wildman–Crippen MR) is 91.4 cm³/mol. The highest BCUT2D eigenvalue weighted by atomic mass is 32.1. The van der Waals surface area contributed by atoms with Crippen LogP contribution in [-0.4, -0.2) is 18.1 Å². The molecular weight excluding hydrogens is 310 g/mol. The van der Waals surface area contributed by atoms with Crippen LogP contribution in [0.4, 0.5) is 0 Å². The Balaban J connectivity index is 1.57. The Labute approximate surface area is 138 Å². The number of para-hydroxylation sites is 1. The first kappa shape index (κ1) is 15.2. The zero-order chi connectivity index (χ0) is 16.1. The van der Waals surface area contributed by atoms with Crippen LogP contribution in [0.1, 0.15) is 10.6 Å². The Morgan fingerprint density at radius 1 is 1.17 bits per heavy atom. The van der Waals surface area contributed by atoms with Crippen LogP contribution in [0.25, 0.3) is 16.3 Å². The molecule has 0 radical (unpaired) electrons. The fourth-order valence-electron chi connectivity index (χ4n) is 2.04. The number of benzene rings is 2. The number of fused-ring (bicyclic) bond motifs is 1. The zero-order valence-electron chi connectivity index (χ0n) is 12.6. The molecule has 3 rings (SSSR count). The maximum Gasteiger partial charge on any atom is 0.331 e. The van der Waals surface area contributed by atoms with E-state index in [4.69, 9.17) is 9.47 Å². The monoisotopic (exact) mass is 325 g/mol. The number of ether oxygens (including phenoxy) is 2. The molecule has 0 aliphatic carbocycles. The Morgan fingerprint density at radius 3 is 2.70 bits per heavy atom. The van der Waals surface area contributed by atoms with Gasteiger partial charge in [0.25, 0.3) is 0 Å². The summed E-state index contributed by atoms with van der Waals surface area (Å²) in [5, 5.41) is 0.789. The summed E-state index contributed by atoms with van der Waals surface area (Å²) >= 11 is 1.53. The first-order chi connectivity index (χ1) is 11.2. The number of methoxy groups -OCH3 is 1. The lowest BCUT2D eigenvalue weighted by molar-refractivity contribution is -0.138. The van der Waals surface area contributed by atoms with Gasteiger partial charge in [0, 0.05) is 6.08 Å². The van der Waals surface area contributed by atoms with Crippen LogP contribution >= 0.6 is 11.3 Å². The molecule has 0 fully saturated rings. The van der Waals surface area contributed by atoms with Crippen LogP contribution in [0.3, 0.4) is 0 Å². The maximum atomic E-state index is 11.8. The van der Waals surface area contributed by atoms with Crippen LogP contribution in [0.2, 0.25) is 0 Å². The van der Waals surface area contributed by atoms with Crippen LogP contribution in [-0.2, 0) is 16.1 Å². The molecule has 23 heavy (non-hydrogen) atoms. The second-order valence-corrected chi connectivity index (χ2v) is 5.90. The Hall–Kier alpha value is -2.66. The normalized spacial score (nSPS) is 11.0. The number of hydrogen-bond donors (Lipinski definition) is 0. The quantitative estimate of drug-likeness (QED) is 0.524. The van der Waals surface area contributed by atoms with Gasteiger partial charge in [-0.25, -0.2) is 9.78 Å². The van der Waals surface area contributed by atoms with Crippen molar-refractivity contribution in [2.75, 3.05) is 7.11 Å². The number of esters is 1. The van der Waals surface area contributed by atoms with Crippen LogP contribution in [0, 0.1) is 0 Å². The predicted octanol–water partition coefficient (Wildman–Crippen LogP) is 4.06. The van der Waals surface area contributed by atoms with Gasteiger partial charge in [-0.15, -0.1) is 11.3 Å². The van der Waals surface area contributed by atoms with Crippen molar-refractivity contribution in [3.05, 3.63) is 65.2 Å². The topological polar surface area (TPSA) is 48.4 Å². The van der Waals surface area contributed by atoms with Gasteiger partial charge < -0.3 is 9.47 Å². The fourth-order valence-corrected chi connectivity index (χ4v) is 2.92. The first-order valence-electron chi connectivity index (χ1n) is 7.08. The Morgan fingerprint density at radius 2 is 1.96 bits per heavy atom. The molecule has 4 nitrogen and oxygen atoms in total. The van der Waals surface area contributed by atoms with E-state index >= 15 is 0 Å². The number of hydrogen-bond acceptors (Lipinski definition) is 5. The van der Waals surface area contributed by atoms with E-state index in [1.165, 1.54) is 17.4 Å². The van der Waals surface area contributed by atoms with Crippen molar-refractivity contribution in [3.8, 4) is 5.75 Å². The lowest BCUT2D eigenvalue weighted by Crippen LogP contribution is -2.00. The minimum Gasteiger partial charge on any atom is -0.497 e. The summed E-state index contributed by atoms with van der Waals surface area (Å²) in [6, 6.07) is 15.3. The molecule has 2 aromatic carbocycles. The van der Waals surface area contributed by atoms with Crippen molar-refractivity contribution in [2.24, 2.45) is 0 Å². The summed E-state index contributed by atoms with van der Waals surface area (Å²) in [7, 11) is 1.62. The van der Waals surface area contributed by atoms with Gasteiger partial charge in [-0.2, -0.15) is 0 Å². The molecule has 0 saturated carbocycles. The zero-order valence-corrected chi connectivity index (χ0v) is 13.4. The number of aromatic nitrogens is 1. The molecular formula is C18H15NO3S. The van der Waals surface area contributed by atoms with Gasteiger partial charge in [-0.1, -0.05) is 24.3 Å². The Kier molecular flexibility index (Phi) is 4.68. The number of thiazole rings is 1. The average Bonchev–Trinajstić information content (AvgIpc) is 3.01. The van der Waals surface area contributed by atoms with Crippen LogP contribution < -0.4 is 4.74 Å². The molecule has 116 valence electrons. The lowest BCUT2D eigenvalue weighted by atomic mass is 10.2. The van der Waals surface area contributed by atoms with Crippen LogP contribution in [0.5, 0.6) is 5.75 Å². The molecule has 0 spiro atoms. The van der Waals surface area contributed by atoms with E-state index in [0.29, 0.717) is 0 Å². The minimum atomic E-state index is -0.389. The third-order valence-corrected chi connectivity index (χ3v) is 4.21. The fraction of sp³-hybridized carbons (Fsp3) is 0.111. The largest absolute Gasteiger partial charge is 0.497 e. The Bertz CT molecular complexity index is 804. The van der Waals surface area contributed by atoms with E-state index in [9.17, 15) is 4.79 Å². The third-order valence-electron chi connectivity index (χ3n) is 3.20. The SMILES string of the molecule is COc1ccc(C=CC(=O)OCc2nc3ccccc3s2)cc1. The third kappa shape index (κ3) is 3.96. The molecule has 0 unspecified atom stereocenters. The van der Waals surface area contributed by atoms with Crippen molar-refractivity contribution in [3.63, 3.8) is 0 Å². The van der Waals surface area contributed by atoms with Gasteiger partial charge in [0.2, 0.25) is 0 Å². The van der Waals surface area contributed by atoms with Crippen molar-refractivity contribution in [1.82, 2.24) is 4.98 Å². The van der Waals surface area contributed by atoms with Crippen molar-refractivity contribution in [1.29, 1.82) is 0 Å². The summed E-state index contributed by atoms with van der Waals surface area (Å²) in [5.41, 5.74) is 1.83. The molecule has 0 atom stereocenters. The highest BCUT2D eigenvalue weighted by molar-refractivity contribution is 7.18. The summed E-state index contributed by atoms with van der Waals surface area (Å²) in [6.45, 7) is 0.186. The molecule has 1 aromatic heterocycles. The second-order valence-electron chi connectivity index (χ2n) is 4.79. The molecule has 0 aliphatic rings. The van der Waals surface area contributed by atoms with Crippen LogP contribution in [0.15, 0.2) is 54.6 Å². The first-order valence-corrected chi connectivity index (χ1v) is 7.89. The standard InChI is InChI=1S/C18H15NO3S/c1-21-14-9-6-13(7-10-14)8-11-18(20)22-12-17-19-15-4-2-3-5-16(15)23-17/h2-11H,12H2,1H3.